The lowest BCUT2D eigenvalue weighted by atomic mass is 10.1. The second-order valence-electron chi connectivity index (χ2n) is 2.85. The number of hydrogen-bond donors (Lipinski definition) is 0. The Labute approximate surface area is 97.8 Å². The maximum absolute atomic E-state index is 13.5. The number of carbonyl (C=O) groups excluding carboxylic acids is 1. The molecule has 1 heterocycles. The van der Waals surface area contributed by atoms with Gasteiger partial charge in [-0.1, -0.05) is 0 Å². The molecule has 3 nitrogen and oxygen atoms in total. The van der Waals surface area contributed by atoms with Crippen LogP contribution in [0.15, 0.2) is 10.8 Å². The molecule has 16 heavy (non-hydrogen) atoms. The highest BCUT2D eigenvalue weighted by Crippen LogP contribution is 2.27. The molecule has 7 heteroatoms. The van der Waals surface area contributed by atoms with Crippen LogP contribution in [-0.2, 0) is 16.0 Å². The summed E-state index contributed by atoms with van der Waals surface area (Å²) in [5.41, 5.74) is -1.06. The fraction of sp³-hybridized carbons (Fsp3) is 0.333. The molecule has 0 aliphatic rings. The van der Waals surface area contributed by atoms with Gasteiger partial charge in [0.05, 0.1) is 19.1 Å². The van der Waals surface area contributed by atoms with Crippen LogP contribution in [0.5, 0.6) is 0 Å². The van der Waals surface area contributed by atoms with Gasteiger partial charge in [0.25, 0.3) is 6.43 Å². The summed E-state index contributed by atoms with van der Waals surface area (Å²) in [6.45, 7) is 0. The van der Waals surface area contributed by atoms with Crippen molar-refractivity contribution in [3.8, 4) is 0 Å². The van der Waals surface area contributed by atoms with Crippen LogP contribution >= 0.6 is 15.9 Å². The molecule has 1 aromatic rings. The average Bonchev–Trinajstić information content (AvgIpc) is 2.23. The molecule has 0 saturated carbocycles. The lowest BCUT2D eigenvalue weighted by Crippen LogP contribution is -2.09. The molecule has 0 N–H and O–H groups in total. The number of carbonyl (C=O) groups is 1. The van der Waals surface area contributed by atoms with E-state index in [-0.39, 0.29) is 10.2 Å². The molecule has 0 aliphatic carbocycles. The molecule has 0 atom stereocenters. The molecule has 1 aromatic heterocycles. The SMILES string of the molecule is COC(=O)Cc1c(Br)ncc(C(F)F)c1F. The van der Waals surface area contributed by atoms with Crippen molar-refractivity contribution in [2.75, 3.05) is 7.11 Å². The fourth-order valence-corrected chi connectivity index (χ4v) is 1.46. The molecular formula is C9H7BrF3NO2. The maximum Gasteiger partial charge on any atom is 0.310 e. The van der Waals surface area contributed by atoms with Crippen molar-refractivity contribution in [3.63, 3.8) is 0 Å². The van der Waals surface area contributed by atoms with Gasteiger partial charge in [-0.15, -0.1) is 0 Å². The number of pyridine rings is 1. The Bertz CT molecular complexity index is 412. The fourth-order valence-electron chi connectivity index (χ4n) is 1.04. The lowest BCUT2D eigenvalue weighted by molar-refractivity contribution is -0.139. The van der Waals surface area contributed by atoms with Crippen molar-refractivity contribution in [1.29, 1.82) is 0 Å². The van der Waals surface area contributed by atoms with E-state index < -0.39 is 30.2 Å². The van der Waals surface area contributed by atoms with Gasteiger partial charge in [0.2, 0.25) is 0 Å². The van der Waals surface area contributed by atoms with Gasteiger partial charge < -0.3 is 4.74 Å². The average molecular weight is 298 g/mol. The maximum atomic E-state index is 13.5. The molecule has 0 fully saturated rings. The molecule has 0 amide bonds. The standard InChI is InChI=1S/C9H7BrF3NO2/c1-16-6(15)2-4-7(11)5(9(12)13)3-14-8(4)10/h3,9H,2H2,1H3. The van der Waals surface area contributed by atoms with Crippen molar-refractivity contribution in [3.05, 3.63) is 27.7 Å². The first-order valence-electron chi connectivity index (χ1n) is 4.15. The molecule has 0 unspecified atom stereocenters. The highest BCUT2D eigenvalue weighted by atomic mass is 79.9. The zero-order valence-electron chi connectivity index (χ0n) is 8.14. The van der Waals surface area contributed by atoms with E-state index in [2.05, 4.69) is 25.7 Å². The smallest absolute Gasteiger partial charge is 0.310 e. The Morgan fingerprint density at radius 3 is 2.75 bits per heavy atom. The summed E-state index contributed by atoms with van der Waals surface area (Å²) < 4.78 is 42.6. The summed E-state index contributed by atoms with van der Waals surface area (Å²) >= 11 is 2.88. The summed E-state index contributed by atoms with van der Waals surface area (Å²) in [7, 11) is 1.12. The zero-order chi connectivity index (χ0) is 12.3. The Balaban J connectivity index is 3.16. The van der Waals surface area contributed by atoms with Gasteiger partial charge in [-0.2, -0.15) is 0 Å². The Morgan fingerprint density at radius 2 is 2.25 bits per heavy atom. The number of ether oxygens (including phenoxy) is 1. The minimum atomic E-state index is -2.98. The van der Waals surface area contributed by atoms with E-state index in [1.165, 1.54) is 0 Å². The summed E-state index contributed by atoms with van der Waals surface area (Å²) in [5.74, 6) is -1.87. The van der Waals surface area contributed by atoms with Crippen LogP contribution in [0.3, 0.4) is 0 Å². The van der Waals surface area contributed by atoms with E-state index in [0.717, 1.165) is 13.3 Å². The van der Waals surface area contributed by atoms with Gasteiger partial charge in [-0.3, -0.25) is 4.79 Å². The molecule has 0 spiro atoms. The summed E-state index contributed by atoms with van der Waals surface area (Å²) in [6, 6.07) is 0. The predicted molar refractivity (Wildman–Crippen MR) is 52.6 cm³/mol. The molecule has 0 saturated heterocycles. The van der Waals surface area contributed by atoms with Crippen LogP contribution in [0.25, 0.3) is 0 Å². The number of nitrogens with zero attached hydrogens (tertiary/aromatic N) is 1. The van der Waals surface area contributed by atoms with E-state index in [1.807, 2.05) is 0 Å². The molecule has 1 rings (SSSR count). The normalized spacial score (nSPS) is 10.6. The molecule has 0 aromatic carbocycles. The summed E-state index contributed by atoms with van der Waals surface area (Å²) in [5, 5.41) is 0. The van der Waals surface area contributed by atoms with E-state index >= 15 is 0 Å². The third-order valence-corrected chi connectivity index (χ3v) is 2.55. The first kappa shape index (κ1) is 13.0. The van der Waals surface area contributed by atoms with Crippen LogP contribution in [0, 0.1) is 5.82 Å². The van der Waals surface area contributed by atoms with Gasteiger partial charge >= 0.3 is 5.97 Å². The quantitative estimate of drug-likeness (QED) is 0.636. The predicted octanol–water partition coefficient (Wildman–Crippen LogP) is 2.64. The monoisotopic (exact) mass is 297 g/mol. The number of hydrogen-bond acceptors (Lipinski definition) is 3. The van der Waals surface area contributed by atoms with Crippen LogP contribution in [0.2, 0.25) is 0 Å². The topological polar surface area (TPSA) is 39.2 Å². The van der Waals surface area contributed by atoms with Crippen molar-refractivity contribution in [2.24, 2.45) is 0 Å². The molecular weight excluding hydrogens is 291 g/mol. The summed E-state index contributed by atoms with van der Waals surface area (Å²) in [4.78, 5) is 14.5. The Morgan fingerprint density at radius 1 is 1.62 bits per heavy atom. The molecule has 0 bridgehead atoms. The van der Waals surface area contributed by atoms with Crippen LogP contribution in [0.4, 0.5) is 13.2 Å². The lowest BCUT2D eigenvalue weighted by Gasteiger charge is -2.08. The molecule has 0 radical (unpaired) electrons. The number of rotatable bonds is 3. The third-order valence-electron chi connectivity index (χ3n) is 1.87. The van der Waals surface area contributed by atoms with E-state index in [0.29, 0.717) is 0 Å². The Hall–Kier alpha value is -1.11. The first-order chi connectivity index (χ1) is 7.47. The minimum absolute atomic E-state index is 0.0137. The number of aromatic nitrogens is 1. The molecule has 88 valence electrons. The van der Waals surface area contributed by atoms with Crippen molar-refractivity contribution < 1.29 is 22.7 Å². The second-order valence-corrected chi connectivity index (χ2v) is 3.60. The first-order valence-corrected chi connectivity index (χ1v) is 4.94. The number of alkyl halides is 2. The Kier molecular flexibility index (Phi) is 4.28. The number of methoxy groups -OCH3 is 1. The van der Waals surface area contributed by atoms with E-state index in [4.69, 9.17) is 0 Å². The number of halogens is 4. The number of esters is 1. The minimum Gasteiger partial charge on any atom is -0.469 e. The van der Waals surface area contributed by atoms with Gasteiger partial charge in [0.15, 0.2) is 0 Å². The van der Waals surface area contributed by atoms with Crippen molar-refractivity contribution in [2.45, 2.75) is 12.8 Å². The van der Waals surface area contributed by atoms with Gasteiger partial charge in [0.1, 0.15) is 10.4 Å². The van der Waals surface area contributed by atoms with Gasteiger partial charge in [-0.05, 0) is 15.9 Å². The van der Waals surface area contributed by atoms with Crippen molar-refractivity contribution >= 4 is 21.9 Å². The van der Waals surface area contributed by atoms with Crippen LogP contribution < -0.4 is 0 Å². The highest BCUT2D eigenvalue weighted by molar-refractivity contribution is 9.10. The zero-order valence-corrected chi connectivity index (χ0v) is 9.72. The van der Waals surface area contributed by atoms with E-state index in [1.54, 1.807) is 0 Å². The van der Waals surface area contributed by atoms with Gasteiger partial charge in [0, 0.05) is 11.8 Å². The highest BCUT2D eigenvalue weighted by Gasteiger charge is 2.21. The van der Waals surface area contributed by atoms with Crippen LogP contribution in [0.1, 0.15) is 17.6 Å². The van der Waals surface area contributed by atoms with E-state index in [9.17, 15) is 18.0 Å². The third kappa shape index (κ3) is 2.72. The second kappa shape index (κ2) is 5.29. The summed E-state index contributed by atoms with van der Waals surface area (Å²) in [6.07, 6.45) is -2.70. The largest absolute Gasteiger partial charge is 0.469 e. The van der Waals surface area contributed by atoms with Gasteiger partial charge in [-0.25, -0.2) is 18.2 Å². The van der Waals surface area contributed by atoms with Crippen molar-refractivity contribution in [1.82, 2.24) is 4.98 Å². The molecule has 0 aliphatic heterocycles. The van der Waals surface area contributed by atoms with Crippen LogP contribution in [-0.4, -0.2) is 18.1 Å².